The van der Waals surface area contributed by atoms with E-state index in [0.717, 1.165) is 12.1 Å². The molecule has 0 aromatic heterocycles. The molecule has 0 aliphatic heterocycles. The molecule has 2 amide bonds. The Morgan fingerprint density at radius 3 is 2.50 bits per heavy atom. The lowest BCUT2D eigenvalue weighted by Gasteiger charge is -2.08. The second kappa shape index (κ2) is 7.09. The molecular weight excluding hydrogens is 318 g/mol. The van der Waals surface area contributed by atoms with Crippen LogP contribution in [-0.4, -0.2) is 27.0 Å². The molecule has 2 aromatic carbocycles. The van der Waals surface area contributed by atoms with E-state index in [1.54, 1.807) is 12.1 Å². The normalized spacial score (nSPS) is 10.0. The topological polar surface area (TPSA) is 142 Å². The zero-order valence-electron chi connectivity index (χ0n) is 12.2. The molecule has 24 heavy (non-hydrogen) atoms. The fourth-order valence-corrected chi connectivity index (χ4v) is 1.91. The number of rotatable bonds is 4. The molecule has 0 atom stereocenters. The summed E-state index contributed by atoms with van der Waals surface area (Å²) < 4.78 is 0. The second-order valence-electron chi connectivity index (χ2n) is 4.81. The van der Waals surface area contributed by atoms with Crippen molar-refractivity contribution in [3.8, 4) is 11.5 Å². The SMILES string of the molecule is O=C(Cc1cccc(O)c1)NNC(=O)c1ccc(O)c([N+](=O)[O-])c1. The zero-order chi connectivity index (χ0) is 17.7. The van der Waals surface area contributed by atoms with E-state index in [1.807, 2.05) is 0 Å². The quantitative estimate of drug-likeness (QED) is 0.486. The van der Waals surface area contributed by atoms with Crippen LogP contribution < -0.4 is 10.9 Å². The number of hydrogen-bond donors (Lipinski definition) is 4. The largest absolute Gasteiger partial charge is 0.508 e. The van der Waals surface area contributed by atoms with E-state index in [1.165, 1.54) is 18.2 Å². The van der Waals surface area contributed by atoms with Gasteiger partial charge in [0.25, 0.3) is 5.91 Å². The lowest BCUT2D eigenvalue weighted by atomic mass is 10.1. The summed E-state index contributed by atoms with van der Waals surface area (Å²) in [5.74, 6) is -1.87. The molecule has 0 aliphatic rings. The van der Waals surface area contributed by atoms with Crippen LogP contribution in [0.3, 0.4) is 0 Å². The van der Waals surface area contributed by atoms with Crippen LogP contribution in [0.1, 0.15) is 15.9 Å². The maximum absolute atomic E-state index is 11.9. The van der Waals surface area contributed by atoms with E-state index in [0.29, 0.717) is 5.56 Å². The molecule has 0 saturated heterocycles. The highest BCUT2D eigenvalue weighted by atomic mass is 16.6. The van der Waals surface area contributed by atoms with Crippen LogP contribution in [0.4, 0.5) is 5.69 Å². The third kappa shape index (κ3) is 4.19. The molecule has 0 fully saturated rings. The lowest BCUT2D eigenvalue weighted by Crippen LogP contribution is -2.42. The van der Waals surface area contributed by atoms with Crippen molar-refractivity contribution in [2.75, 3.05) is 0 Å². The average molecular weight is 331 g/mol. The summed E-state index contributed by atoms with van der Waals surface area (Å²) in [6.07, 6.45) is -0.0790. The lowest BCUT2D eigenvalue weighted by molar-refractivity contribution is -0.385. The van der Waals surface area contributed by atoms with Crippen LogP contribution in [-0.2, 0) is 11.2 Å². The number of hydrogen-bond acceptors (Lipinski definition) is 6. The van der Waals surface area contributed by atoms with Gasteiger partial charge in [0, 0.05) is 11.6 Å². The predicted molar refractivity (Wildman–Crippen MR) is 82.2 cm³/mol. The monoisotopic (exact) mass is 331 g/mol. The first-order chi connectivity index (χ1) is 11.4. The highest BCUT2D eigenvalue weighted by Crippen LogP contribution is 2.26. The van der Waals surface area contributed by atoms with Crippen LogP contribution in [0.25, 0.3) is 0 Å². The van der Waals surface area contributed by atoms with Gasteiger partial charge in [0.15, 0.2) is 5.75 Å². The first-order valence-electron chi connectivity index (χ1n) is 6.71. The van der Waals surface area contributed by atoms with Crippen LogP contribution in [0.5, 0.6) is 11.5 Å². The number of benzene rings is 2. The van der Waals surface area contributed by atoms with Crippen molar-refractivity contribution in [3.63, 3.8) is 0 Å². The Morgan fingerprint density at radius 1 is 1.08 bits per heavy atom. The molecule has 2 rings (SSSR count). The van der Waals surface area contributed by atoms with Gasteiger partial charge in [-0.05, 0) is 29.8 Å². The van der Waals surface area contributed by atoms with E-state index in [9.17, 15) is 29.9 Å². The summed E-state index contributed by atoms with van der Waals surface area (Å²) in [4.78, 5) is 33.5. The van der Waals surface area contributed by atoms with Crippen molar-refractivity contribution in [3.05, 3.63) is 63.7 Å². The Hall–Kier alpha value is -3.62. The minimum absolute atomic E-state index is 0.0146. The molecule has 2 aromatic rings. The summed E-state index contributed by atoms with van der Waals surface area (Å²) in [6, 6.07) is 9.16. The summed E-state index contributed by atoms with van der Waals surface area (Å²) >= 11 is 0. The van der Waals surface area contributed by atoms with E-state index >= 15 is 0 Å². The summed E-state index contributed by atoms with van der Waals surface area (Å²) in [7, 11) is 0. The number of nitro benzene ring substituents is 1. The van der Waals surface area contributed by atoms with Gasteiger partial charge in [0.05, 0.1) is 11.3 Å². The van der Waals surface area contributed by atoms with Gasteiger partial charge in [-0.3, -0.25) is 30.6 Å². The van der Waals surface area contributed by atoms with Crippen molar-refractivity contribution in [1.82, 2.24) is 10.9 Å². The molecule has 0 unspecified atom stereocenters. The number of nitrogens with zero attached hydrogens (tertiary/aromatic N) is 1. The van der Waals surface area contributed by atoms with Crippen molar-refractivity contribution < 1.29 is 24.7 Å². The minimum atomic E-state index is -0.827. The molecule has 0 radical (unpaired) electrons. The molecule has 0 heterocycles. The van der Waals surface area contributed by atoms with Crippen LogP contribution in [0.15, 0.2) is 42.5 Å². The molecule has 0 aliphatic carbocycles. The molecule has 0 spiro atoms. The number of carbonyl (C=O) groups excluding carboxylic acids is 2. The number of carbonyl (C=O) groups is 2. The third-order valence-electron chi connectivity index (χ3n) is 3.02. The molecule has 0 saturated carbocycles. The molecular formula is C15H13N3O6. The highest BCUT2D eigenvalue weighted by molar-refractivity contribution is 5.96. The predicted octanol–water partition coefficient (Wildman–Crippen LogP) is 1.01. The van der Waals surface area contributed by atoms with Crippen molar-refractivity contribution in [2.45, 2.75) is 6.42 Å². The van der Waals surface area contributed by atoms with Gasteiger partial charge < -0.3 is 10.2 Å². The van der Waals surface area contributed by atoms with Crippen LogP contribution >= 0.6 is 0 Å². The van der Waals surface area contributed by atoms with Crippen molar-refractivity contribution >= 4 is 17.5 Å². The maximum atomic E-state index is 11.9. The fourth-order valence-electron chi connectivity index (χ4n) is 1.91. The Balaban J connectivity index is 1.96. The number of nitro groups is 1. The Labute approximate surface area is 135 Å². The van der Waals surface area contributed by atoms with Crippen molar-refractivity contribution in [1.29, 1.82) is 0 Å². The number of nitrogens with one attached hydrogen (secondary N) is 2. The van der Waals surface area contributed by atoms with E-state index in [2.05, 4.69) is 10.9 Å². The van der Waals surface area contributed by atoms with Gasteiger partial charge in [-0.1, -0.05) is 12.1 Å². The number of hydrazine groups is 1. The van der Waals surface area contributed by atoms with Crippen LogP contribution in [0, 0.1) is 10.1 Å². The van der Waals surface area contributed by atoms with Crippen molar-refractivity contribution in [2.24, 2.45) is 0 Å². The standard InChI is InChI=1S/C15H13N3O6/c19-11-3-1-2-9(6-11)7-14(21)16-17-15(22)10-4-5-13(20)12(8-10)18(23)24/h1-6,8,19-20H,7H2,(H,16,21)(H,17,22). The average Bonchev–Trinajstić information content (AvgIpc) is 2.52. The third-order valence-corrected chi connectivity index (χ3v) is 3.02. The number of amides is 2. The van der Waals surface area contributed by atoms with Gasteiger partial charge in [-0.2, -0.15) is 0 Å². The summed E-state index contributed by atoms with van der Waals surface area (Å²) in [6.45, 7) is 0. The first kappa shape index (κ1) is 16.7. The van der Waals surface area contributed by atoms with Gasteiger partial charge in [-0.15, -0.1) is 0 Å². The molecule has 4 N–H and O–H groups in total. The van der Waals surface area contributed by atoms with Gasteiger partial charge >= 0.3 is 5.69 Å². The molecule has 0 bridgehead atoms. The van der Waals surface area contributed by atoms with Gasteiger partial charge in [0.2, 0.25) is 5.91 Å². The van der Waals surface area contributed by atoms with Gasteiger partial charge in [0.1, 0.15) is 5.75 Å². The number of aromatic hydroxyl groups is 2. The highest BCUT2D eigenvalue weighted by Gasteiger charge is 2.17. The van der Waals surface area contributed by atoms with E-state index in [4.69, 9.17) is 0 Å². The van der Waals surface area contributed by atoms with E-state index in [-0.39, 0.29) is 17.7 Å². The number of phenols is 2. The van der Waals surface area contributed by atoms with Crippen LogP contribution in [0.2, 0.25) is 0 Å². The summed E-state index contributed by atoms with van der Waals surface area (Å²) in [5.41, 5.74) is 4.10. The summed E-state index contributed by atoms with van der Waals surface area (Å²) in [5, 5.41) is 29.4. The van der Waals surface area contributed by atoms with E-state index < -0.39 is 28.2 Å². The minimum Gasteiger partial charge on any atom is -0.508 e. The first-order valence-corrected chi connectivity index (χ1v) is 6.71. The van der Waals surface area contributed by atoms with Gasteiger partial charge in [-0.25, -0.2) is 0 Å². The molecule has 9 heteroatoms. The number of phenolic OH excluding ortho intramolecular Hbond substituents is 2. The fraction of sp³-hybridized carbons (Fsp3) is 0.0667. The Bertz CT molecular complexity index is 806. The maximum Gasteiger partial charge on any atom is 0.311 e. The molecule has 9 nitrogen and oxygen atoms in total. The Morgan fingerprint density at radius 2 is 1.83 bits per heavy atom. The smallest absolute Gasteiger partial charge is 0.311 e. The zero-order valence-corrected chi connectivity index (χ0v) is 12.2. The molecule has 124 valence electrons. The Kier molecular flexibility index (Phi) is 4.95. The second-order valence-corrected chi connectivity index (χ2v) is 4.81.